The van der Waals surface area contributed by atoms with Gasteiger partial charge in [0.1, 0.15) is 6.61 Å². The molecule has 15 heavy (non-hydrogen) atoms. The summed E-state index contributed by atoms with van der Waals surface area (Å²) in [5.41, 5.74) is 2.48. The third-order valence-corrected chi connectivity index (χ3v) is 2.44. The highest BCUT2D eigenvalue weighted by atomic mass is 19.4. The molecule has 0 amide bonds. The third kappa shape index (κ3) is 6.70. The second-order valence-corrected chi connectivity index (χ2v) is 4.01. The SMILES string of the molecule is NNC(CCC1CC1)COCC(F)(F)F. The van der Waals surface area contributed by atoms with Crippen molar-refractivity contribution in [2.75, 3.05) is 13.2 Å². The molecule has 1 aliphatic rings. The maximum atomic E-state index is 11.8. The number of rotatable bonds is 7. The Labute approximate surface area is 87.1 Å². The van der Waals surface area contributed by atoms with E-state index in [1.54, 1.807) is 0 Å². The van der Waals surface area contributed by atoms with Gasteiger partial charge in [0.25, 0.3) is 0 Å². The zero-order valence-corrected chi connectivity index (χ0v) is 8.52. The van der Waals surface area contributed by atoms with Crippen molar-refractivity contribution in [3.05, 3.63) is 0 Å². The van der Waals surface area contributed by atoms with Crippen molar-refractivity contribution in [1.29, 1.82) is 0 Å². The van der Waals surface area contributed by atoms with Gasteiger partial charge in [0.15, 0.2) is 0 Å². The zero-order valence-electron chi connectivity index (χ0n) is 8.52. The van der Waals surface area contributed by atoms with Gasteiger partial charge in [0.2, 0.25) is 0 Å². The highest BCUT2D eigenvalue weighted by Crippen LogP contribution is 2.33. The van der Waals surface area contributed by atoms with Gasteiger partial charge in [0, 0.05) is 6.04 Å². The maximum Gasteiger partial charge on any atom is 0.411 e. The van der Waals surface area contributed by atoms with Crippen LogP contribution in [0.2, 0.25) is 0 Å². The Hall–Kier alpha value is -0.330. The maximum absolute atomic E-state index is 11.8. The smallest absolute Gasteiger partial charge is 0.370 e. The molecule has 1 saturated carbocycles. The normalized spacial score (nSPS) is 19.2. The van der Waals surface area contributed by atoms with Gasteiger partial charge in [-0.25, -0.2) is 0 Å². The lowest BCUT2D eigenvalue weighted by atomic mass is 10.1. The summed E-state index contributed by atoms with van der Waals surface area (Å²) in [5, 5.41) is 0. The Morgan fingerprint density at radius 1 is 1.40 bits per heavy atom. The van der Waals surface area contributed by atoms with Gasteiger partial charge < -0.3 is 4.74 Å². The van der Waals surface area contributed by atoms with Gasteiger partial charge in [-0.3, -0.25) is 11.3 Å². The van der Waals surface area contributed by atoms with Crippen LogP contribution in [0, 0.1) is 5.92 Å². The minimum Gasteiger partial charge on any atom is -0.370 e. The van der Waals surface area contributed by atoms with E-state index in [1.165, 1.54) is 12.8 Å². The molecule has 1 unspecified atom stereocenters. The van der Waals surface area contributed by atoms with Crippen molar-refractivity contribution in [3.63, 3.8) is 0 Å². The van der Waals surface area contributed by atoms with E-state index in [2.05, 4.69) is 10.2 Å². The zero-order chi connectivity index (χ0) is 11.3. The number of hydrogen-bond donors (Lipinski definition) is 2. The molecule has 1 aliphatic carbocycles. The van der Waals surface area contributed by atoms with E-state index >= 15 is 0 Å². The average molecular weight is 226 g/mol. The molecule has 0 aromatic carbocycles. The molecule has 0 radical (unpaired) electrons. The van der Waals surface area contributed by atoms with E-state index in [-0.39, 0.29) is 12.6 Å². The van der Waals surface area contributed by atoms with Crippen LogP contribution in [0.25, 0.3) is 0 Å². The molecule has 1 rings (SSSR count). The lowest BCUT2D eigenvalue weighted by Crippen LogP contribution is -2.39. The molecule has 3 N–H and O–H groups in total. The van der Waals surface area contributed by atoms with Crippen LogP contribution in [0.3, 0.4) is 0 Å². The van der Waals surface area contributed by atoms with Gasteiger partial charge >= 0.3 is 6.18 Å². The van der Waals surface area contributed by atoms with Gasteiger partial charge in [-0.2, -0.15) is 13.2 Å². The van der Waals surface area contributed by atoms with Crippen molar-refractivity contribution in [3.8, 4) is 0 Å². The fraction of sp³-hybridized carbons (Fsp3) is 1.00. The summed E-state index contributed by atoms with van der Waals surface area (Å²) in [4.78, 5) is 0. The molecule has 0 aromatic heterocycles. The van der Waals surface area contributed by atoms with Gasteiger partial charge in [0.05, 0.1) is 6.61 Å². The number of alkyl halides is 3. The number of ether oxygens (including phenoxy) is 1. The van der Waals surface area contributed by atoms with Gasteiger partial charge in [-0.05, 0) is 18.8 Å². The van der Waals surface area contributed by atoms with Gasteiger partial charge in [-0.1, -0.05) is 12.8 Å². The summed E-state index contributed by atoms with van der Waals surface area (Å²) in [6, 6.07) is -0.173. The molecular weight excluding hydrogens is 209 g/mol. The molecule has 1 atom stereocenters. The van der Waals surface area contributed by atoms with Crippen molar-refractivity contribution in [1.82, 2.24) is 5.43 Å². The summed E-state index contributed by atoms with van der Waals surface area (Å²) in [7, 11) is 0. The summed E-state index contributed by atoms with van der Waals surface area (Å²) in [6.07, 6.45) is 0.0142. The Kier molecular flexibility index (Phi) is 4.82. The Morgan fingerprint density at radius 2 is 2.07 bits per heavy atom. The minimum atomic E-state index is -4.25. The van der Waals surface area contributed by atoms with Crippen LogP contribution in [-0.2, 0) is 4.74 Å². The molecule has 90 valence electrons. The van der Waals surface area contributed by atoms with E-state index < -0.39 is 12.8 Å². The quantitative estimate of drug-likeness (QED) is 0.512. The van der Waals surface area contributed by atoms with Crippen molar-refractivity contribution >= 4 is 0 Å². The fourth-order valence-electron chi connectivity index (χ4n) is 1.38. The number of nitrogens with one attached hydrogen (secondary N) is 1. The molecule has 3 nitrogen and oxygen atoms in total. The highest BCUT2D eigenvalue weighted by Gasteiger charge is 2.28. The summed E-state index contributed by atoms with van der Waals surface area (Å²) >= 11 is 0. The predicted octanol–water partition coefficient (Wildman–Crippen LogP) is 1.59. The monoisotopic (exact) mass is 226 g/mol. The first-order chi connectivity index (χ1) is 7.01. The summed E-state index contributed by atoms with van der Waals surface area (Å²) < 4.78 is 39.8. The van der Waals surface area contributed by atoms with Crippen LogP contribution in [0.1, 0.15) is 25.7 Å². The van der Waals surface area contributed by atoms with E-state index in [9.17, 15) is 13.2 Å². The van der Waals surface area contributed by atoms with Crippen LogP contribution >= 0.6 is 0 Å². The lowest BCUT2D eigenvalue weighted by Gasteiger charge is -2.16. The fourth-order valence-corrected chi connectivity index (χ4v) is 1.38. The largest absolute Gasteiger partial charge is 0.411 e. The Bertz CT molecular complexity index is 183. The molecule has 0 aliphatic heterocycles. The minimum absolute atomic E-state index is 0.0166. The summed E-state index contributed by atoms with van der Waals surface area (Å²) in [5.74, 6) is 5.97. The molecule has 0 saturated heterocycles. The lowest BCUT2D eigenvalue weighted by molar-refractivity contribution is -0.175. The third-order valence-electron chi connectivity index (χ3n) is 2.44. The molecule has 0 spiro atoms. The molecule has 1 fully saturated rings. The predicted molar refractivity (Wildman–Crippen MR) is 49.9 cm³/mol. The van der Waals surface area contributed by atoms with Crippen molar-refractivity contribution < 1.29 is 17.9 Å². The van der Waals surface area contributed by atoms with Crippen LogP contribution in [-0.4, -0.2) is 25.4 Å². The second-order valence-electron chi connectivity index (χ2n) is 4.01. The summed E-state index contributed by atoms with van der Waals surface area (Å²) in [6.45, 7) is -1.18. The van der Waals surface area contributed by atoms with Crippen molar-refractivity contribution in [2.24, 2.45) is 11.8 Å². The van der Waals surface area contributed by atoms with Crippen LogP contribution in [0.4, 0.5) is 13.2 Å². The first kappa shape index (κ1) is 12.7. The number of nitrogens with two attached hydrogens (primary N) is 1. The standard InChI is InChI=1S/C9H17F3N2O/c10-9(11,12)6-15-5-8(14-13)4-3-7-1-2-7/h7-8,14H,1-6,13H2. The highest BCUT2D eigenvalue weighted by molar-refractivity contribution is 4.75. The molecular formula is C9H17F3N2O. The van der Waals surface area contributed by atoms with E-state index in [4.69, 9.17) is 5.84 Å². The molecule has 0 heterocycles. The van der Waals surface area contributed by atoms with Crippen LogP contribution in [0.5, 0.6) is 0 Å². The van der Waals surface area contributed by atoms with Gasteiger partial charge in [-0.15, -0.1) is 0 Å². The topological polar surface area (TPSA) is 47.3 Å². The number of halogens is 3. The Morgan fingerprint density at radius 3 is 2.53 bits per heavy atom. The van der Waals surface area contributed by atoms with Crippen molar-refractivity contribution in [2.45, 2.75) is 37.9 Å². The Balaban J connectivity index is 2.04. The first-order valence-electron chi connectivity index (χ1n) is 5.12. The number of hydrazine groups is 1. The second kappa shape index (κ2) is 5.67. The average Bonchev–Trinajstić information content (AvgIpc) is 2.92. The molecule has 0 aromatic rings. The van der Waals surface area contributed by atoms with E-state index in [0.29, 0.717) is 0 Å². The first-order valence-corrected chi connectivity index (χ1v) is 5.12. The van der Waals surface area contributed by atoms with Crippen LogP contribution in [0.15, 0.2) is 0 Å². The number of hydrogen-bond acceptors (Lipinski definition) is 3. The van der Waals surface area contributed by atoms with E-state index in [1.807, 2.05) is 0 Å². The molecule has 6 heteroatoms. The van der Waals surface area contributed by atoms with Crippen LogP contribution < -0.4 is 11.3 Å². The van der Waals surface area contributed by atoms with E-state index in [0.717, 1.165) is 18.8 Å². The molecule has 0 bridgehead atoms.